The highest BCUT2D eigenvalue weighted by Gasteiger charge is 2.13. The van der Waals surface area contributed by atoms with Crippen LogP contribution in [-0.2, 0) is 4.79 Å². The zero-order chi connectivity index (χ0) is 12.0. The lowest BCUT2D eigenvalue weighted by Crippen LogP contribution is -2.40. The molecule has 0 aliphatic rings. The molecule has 0 atom stereocenters. The van der Waals surface area contributed by atoms with Crippen LogP contribution in [0.1, 0.15) is 34.1 Å². The molecule has 0 saturated heterocycles. The number of amides is 1. The van der Waals surface area contributed by atoms with Crippen molar-refractivity contribution in [2.24, 2.45) is 5.92 Å². The Balaban J connectivity index is 3.85. The Morgan fingerprint density at radius 1 is 1.13 bits per heavy atom. The first-order valence-corrected chi connectivity index (χ1v) is 5.78. The molecule has 0 rings (SSSR count). The lowest BCUT2D eigenvalue weighted by Gasteiger charge is -2.25. The van der Waals surface area contributed by atoms with E-state index in [1.807, 2.05) is 27.9 Å². The maximum Gasteiger partial charge on any atom is 0.236 e. The van der Waals surface area contributed by atoms with Gasteiger partial charge in [0, 0.05) is 13.1 Å². The first kappa shape index (κ1) is 14.4. The molecule has 0 bridgehead atoms. The highest BCUT2D eigenvalue weighted by atomic mass is 16.2. The van der Waals surface area contributed by atoms with E-state index in [1.54, 1.807) is 4.90 Å². The van der Waals surface area contributed by atoms with E-state index in [2.05, 4.69) is 18.7 Å². The number of nitrogens with zero attached hydrogens (tertiary/aromatic N) is 2. The molecule has 1 amide bonds. The van der Waals surface area contributed by atoms with Gasteiger partial charge >= 0.3 is 0 Å². The van der Waals surface area contributed by atoms with Crippen LogP contribution in [0, 0.1) is 5.92 Å². The Bertz CT molecular complexity index is 190. The van der Waals surface area contributed by atoms with Gasteiger partial charge in [0.25, 0.3) is 0 Å². The van der Waals surface area contributed by atoms with Gasteiger partial charge in [-0.1, -0.05) is 13.8 Å². The number of rotatable bonds is 6. The normalized spacial score (nSPS) is 11.5. The van der Waals surface area contributed by atoms with Gasteiger partial charge in [-0.15, -0.1) is 0 Å². The second kappa shape index (κ2) is 6.83. The van der Waals surface area contributed by atoms with Gasteiger partial charge < -0.3 is 4.90 Å². The molecule has 3 nitrogen and oxygen atoms in total. The molecule has 0 aliphatic carbocycles. The molecule has 3 heteroatoms. The summed E-state index contributed by atoms with van der Waals surface area (Å²) in [6.45, 7) is 10.0. The van der Waals surface area contributed by atoms with Crippen LogP contribution >= 0.6 is 0 Å². The molecule has 0 fully saturated rings. The first-order chi connectivity index (χ1) is 6.84. The maximum absolute atomic E-state index is 11.7. The van der Waals surface area contributed by atoms with Crippen LogP contribution in [0.3, 0.4) is 0 Å². The fraction of sp³-hybridized carbons (Fsp3) is 0.917. The molecular formula is C12H26N2O. The second-order valence-corrected chi connectivity index (χ2v) is 5.02. The van der Waals surface area contributed by atoms with E-state index in [1.165, 1.54) is 0 Å². The molecule has 0 spiro atoms. The quantitative estimate of drug-likeness (QED) is 0.673. The smallest absolute Gasteiger partial charge is 0.236 e. The van der Waals surface area contributed by atoms with Crippen LogP contribution in [0.5, 0.6) is 0 Å². The molecule has 0 saturated carbocycles. The van der Waals surface area contributed by atoms with Crippen molar-refractivity contribution in [3.8, 4) is 0 Å². The molecule has 15 heavy (non-hydrogen) atoms. The number of hydrogen-bond donors (Lipinski definition) is 0. The predicted octanol–water partition coefficient (Wildman–Crippen LogP) is 1.83. The van der Waals surface area contributed by atoms with Crippen LogP contribution < -0.4 is 0 Å². The van der Waals surface area contributed by atoms with E-state index in [9.17, 15) is 4.79 Å². The second-order valence-electron chi connectivity index (χ2n) is 5.02. The lowest BCUT2D eigenvalue weighted by atomic mass is 10.1. The first-order valence-electron chi connectivity index (χ1n) is 5.78. The SMILES string of the molecule is CC(C)CCN(C)CC(=O)N(C)C(C)C. The van der Waals surface area contributed by atoms with Gasteiger partial charge in [-0.25, -0.2) is 0 Å². The van der Waals surface area contributed by atoms with Gasteiger partial charge in [0.15, 0.2) is 0 Å². The Hall–Kier alpha value is -0.570. The van der Waals surface area contributed by atoms with E-state index >= 15 is 0 Å². The standard InChI is InChI=1S/C12H26N2O/c1-10(2)7-8-13(5)9-12(15)14(6)11(3)4/h10-11H,7-9H2,1-6H3. The van der Waals surface area contributed by atoms with Crippen molar-refractivity contribution >= 4 is 5.91 Å². The van der Waals surface area contributed by atoms with Crippen LogP contribution in [0.15, 0.2) is 0 Å². The molecule has 0 aliphatic heterocycles. The minimum Gasteiger partial charge on any atom is -0.342 e. The van der Waals surface area contributed by atoms with Crippen molar-refractivity contribution in [3.05, 3.63) is 0 Å². The summed E-state index contributed by atoms with van der Waals surface area (Å²) in [5.74, 6) is 0.904. The Labute approximate surface area is 94.4 Å². The fourth-order valence-corrected chi connectivity index (χ4v) is 1.19. The molecule has 0 aromatic rings. The third-order valence-electron chi connectivity index (χ3n) is 2.66. The van der Waals surface area contributed by atoms with Crippen LogP contribution in [0.25, 0.3) is 0 Å². The zero-order valence-corrected chi connectivity index (χ0v) is 11.1. The summed E-state index contributed by atoms with van der Waals surface area (Å²) >= 11 is 0. The summed E-state index contributed by atoms with van der Waals surface area (Å²) in [6, 6.07) is 0.288. The maximum atomic E-state index is 11.7. The highest BCUT2D eigenvalue weighted by Crippen LogP contribution is 2.01. The topological polar surface area (TPSA) is 23.6 Å². The van der Waals surface area contributed by atoms with Crippen molar-refractivity contribution in [2.45, 2.75) is 40.2 Å². The number of likely N-dealkylation sites (N-methyl/N-ethyl adjacent to an activating group) is 2. The van der Waals surface area contributed by atoms with Crippen molar-refractivity contribution in [2.75, 3.05) is 27.2 Å². The summed E-state index contributed by atoms with van der Waals surface area (Å²) < 4.78 is 0. The molecule has 0 aromatic heterocycles. The monoisotopic (exact) mass is 214 g/mol. The average Bonchev–Trinajstić information content (AvgIpc) is 2.13. The average molecular weight is 214 g/mol. The number of carbonyl (C=O) groups is 1. The molecule has 0 heterocycles. The van der Waals surface area contributed by atoms with Gasteiger partial charge in [0.05, 0.1) is 6.54 Å². The molecular weight excluding hydrogens is 188 g/mol. The van der Waals surface area contributed by atoms with Gasteiger partial charge in [-0.3, -0.25) is 9.69 Å². The van der Waals surface area contributed by atoms with Crippen LogP contribution in [0.4, 0.5) is 0 Å². The molecule has 90 valence electrons. The summed E-state index contributed by atoms with van der Waals surface area (Å²) in [6.07, 6.45) is 1.15. The minimum absolute atomic E-state index is 0.205. The number of hydrogen-bond acceptors (Lipinski definition) is 2. The van der Waals surface area contributed by atoms with Gasteiger partial charge in [-0.05, 0) is 39.8 Å². The zero-order valence-electron chi connectivity index (χ0n) is 11.1. The predicted molar refractivity (Wildman–Crippen MR) is 64.9 cm³/mol. The van der Waals surface area contributed by atoms with Gasteiger partial charge in [0.1, 0.15) is 0 Å². The van der Waals surface area contributed by atoms with E-state index < -0.39 is 0 Å². The van der Waals surface area contributed by atoms with E-state index in [4.69, 9.17) is 0 Å². The molecule has 0 N–H and O–H groups in total. The van der Waals surface area contributed by atoms with Crippen molar-refractivity contribution in [1.29, 1.82) is 0 Å². The van der Waals surface area contributed by atoms with E-state index in [0.717, 1.165) is 13.0 Å². The summed E-state index contributed by atoms with van der Waals surface area (Å²) in [7, 11) is 3.87. The minimum atomic E-state index is 0.205. The number of carbonyl (C=O) groups excluding carboxylic acids is 1. The van der Waals surface area contributed by atoms with Gasteiger partial charge in [0.2, 0.25) is 5.91 Å². The summed E-state index contributed by atoms with van der Waals surface area (Å²) in [4.78, 5) is 15.6. The highest BCUT2D eigenvalue weighted by molar-refractivity contribution is 5.78. The van der Waals surface area contributed by atoms with Crippen LogP contribution in [-0.4, -0.2) is 48.9 Å². The molecule has 0 aromatic carbocycles. The Morgan fingerprint density at radius 3 is 2.07 bits per heavy atom. The van der Waals surface area contributed by atoms with Crippen molar-refractivity contribution < 1.29 is 4.79 Å². The summed E-state index contributed by atoms with van der Waals surface area (Å²) in [5, 5.41) is 0. The summed E-state index contributed by atoms with van der Waals surface area (Å²) in [5.41, 5.74) is 0. The van der Waals surface area contributed by atoms with E-state index in [0.29, 0.717) is 12.5 Å². The van der Waals surface area contributed by atoms with Crippen molar-refractivity contribution in [1.82, 2.24) is 9.80 Å². The Morgan fingerprint density at radius 2 is 1.67 bits per heavy atom. The Kier molecular flexibility index (Phi) is 6.57. The third kappa shape index (κ3) is 6.50. The largest absolute Gasteiger partial charge is 0.342 e. The van der Waals surface area contributed by atoms with Crippen molar-refractivity contribution in [3.63, 3.8) is 0 Å². The molecule has 0 radical (unpaired) electrons. The lowest BCUT2D eigenvalue weighted by molar-refractivity contribution is -0.132. The third-order valence-corrected chi connectivity index (χ3v) is 2.66. The van der Waals surface area contributed by atoms with Gasteiger partial charge in [-0.2, -0.15) is 0 Å². The fourth-order valence-electron chi connectivity index (χ4n) is 1.19. The van der Waals surface area contributed by atoms with Crippen LogP contribution in [0.2, 0.25) is 0 Å². The van der Waals surface area contributed by atoms with E-state index in [-0.39, 0.29) is 11.9 Å². The molecule has 0 unspecified atom stereocenters.